The first-order valence-electron chi connectivity index (χ1n) is 36.0. The molecule has 17 aromatic heterocycles. The summed E-state index contributed by atoms with van der Waals surface area (Å²) in [7, 11) is 1.61. The van der Waals surface area contributed by atoms with Crippen LogP contribution in [0.4, 0.5) is 8.78 Å². The topological polar surface area (TPSA) is 379 Å². The van der Waals surface area contributed by atoms with E-state index in [2.05, 4.69) is 143 Å². The Balaban J connectivity index is 0.000000140. The van der Waals surface area contributed by atoms with Crippen LogP contribution in [0, 0.1) is 94.7 Å². The Morgan fingerprint density at radius 2 is 0.712 bits per heavy atom. The minimum atomic E-state index is -0.353. The predicted octanol–water partition coefficient (Wildman–Crippen LogP) is 13.0. The van der Waals surface area contributed by atoms with Crippen molar-refractivity contribution < 1.29 is 13.5 Å². The van der Waals surface area contributed by atoms with Gasteiger partial charge in [0.1, 0.15) is 40.3 Å². The number of aromatic nitrogens is 33. The Labute approximate surface area is 681 Å². The van der Waals surface area contributed by atoms with Crippen LogP contribution in [0.2, 0.25) is 5.02 Å². The van der Waals surface area contributed by atoms with Crippen LogP contribution in [0.3, 0.4) is 0 Å². The van der Waals surface area contributed by atoms with Crippen LogP contribution in [0.5, 0.6) is 5.75 Å². The van der Waals surface area contributed by atoms with Gasteiger partial charge in [0.2, 0.25) is 0 Å². The summed E-state index contributed by atoms with van der Waals surface area (Å²) in [4.78, 5) is 60.3. The van der Waals surface area contributed by atoms with Crippen LogP contribution < -0.4 is 4.74 Å². The third kappa shape index (κ3) is 24.8. The fourth-order valence-corrected chi connectivity index (χ4v) is 10.6. The number of aryl methyl sites for hydroxylation is 12. The lowest BCUT2D eigenvalue weighted by molar-refractivity contribution is 0.412. The quantitative estimate of drug-likeness (QED) is 0.123. The minimum absolute atomic E-state index is 0.345. The van der Waals surface area contributed by atoms with Crippen molar-refractivity contribution in [2.24, 2.45) is 0 Å². The number of methoxy groups -OCH3 is 1. The highest BCUT2D eigenvalue weighted by Gasteiger charge is 2.12. The maximum atomic E-state index is 12.8. The number of benzene rings is 1. The Morgan fingerprint density at radius 3 is 1.20 bits per heavy atom. The van der Waals surface area contributed by atoms with E-state index in [1.165, 1.54) is 42.3 Å². The van der Waals surface area contributed by atoms with E-state index in [-0.39, 0.29) is 11.6 Å². The van der Waals surface area contributed by atoms with Gasteiger partial charge in [0, 0.05) is 54.1 Å². The van der Waals surface area contributed by atoms with Crippen molar-refractivity contribution in [1.29, 1.82) is 0 Å². The summed E-state index contributed by atoms with van der Waals surface area (Å²) in [6, 6.07) is 34.0. The Morgan fingerprint density at radius 1 is 0.288 bits per heavy atom. The Bertz CT molecular complexity index is 5740. The zero-order valence-electron chi connectivity index (χ0n) is 66.5. The second-order valence-corrected chi connectivity index (χ2v) is 25.4. The van der Waals surface area contributed by atoms with Gasteiger partial charge in [0.25, 0.3) is 0 Å². The van der Waals surface area contributed by atoms with Crippen LogP contribution in [0.25, 0.3) is 63.2 Å². The normalized spacial score (nSPS) is 10.2. The molecule has 0 amide bonds. The third-order valence-electron chi connectivity index (χ3n) is 15.9. The van der Waals surface area contributed by atoms with E-state index in [0.717, 1.165) is 114 Å². The molecule has 17 heterocycles. The first kappa shape index (κ1) is 84.9. The maximum absolute atomic E-state index is 12.8. The van der Waals surface area contributed by atoms with Crippen molar-refractivity contribution in [3.8, 4) is 69.0 Å². The monoisotopic (exact) mass is 1600 g/mol. The number of rotatable bonds is 10. The number of pyridine rings is 8. The van der Waals surface area contributed by atoms with Gasteiger partial charge in [-0.25, -0.2) is 58.6 Å². The van der Waals surface area contributed by atoms with Crippen molar-refractivity contribution in [1.82, 2.24) is 165 Å². The highest BCUT2D eigenvalue weighted by atomic mass is 35.5. The lowest BCUT2D eigenvalue weighted by Crippen LogP contribution is -2.04. The van der Waals surface area contributed by atoms with Gasteiger partial charge in [-0.2, -0.15) is 71.4 Å². The molecule has 18 aromatic rings. The molecule has 0 saturated heterocycles. The van der Waals surface area contributed by atoms with Crippen molar-refractivity contribution >= 4 is 11.6 Å². The Hall–Kier alpha value is -15.5. The largest absolute Gasteiger partial charge is 0.495 e. The van der Waals surface area contributed by atoms with E-state index in [1.54, 1.807) is 161 Å². The smallest absolute Gasteiger partial charge is 0.178 e. The molecule has 0 spiro atoms. The Kier molecular flexibility index (Phi) is 30.9. The summed E-state index contributed by atoms with van der Waals surface area (Å²) in [5.74, 6) is 4.91. The van der Waals surface area contributed by atoms with Crippen molar-refractivity contribution in [2.75, 3.05) is 7.11 Å². The third-order valence-corrected chi connectivity index (χ3v) is 16.1. The molecule has 118 heavy (non-hydrogen) atoms. The van der Waals surface area contributed by atoms with Gasteiger partial charge >= 0.3 is 0 Å². The van der Waals surface area contributed by atoms with Gasteiger partial charge < -0.3 is 4.74 Å². The van der Waals surface area contributed by atoms with Crippen molar-refractivity contribution in [2.45, 2.75) is 83.1 Å². The van der Waals surface area contributed by atoms with Crippen LogP contribution in [0.1, 0.15) is 67.5 Å². The van der Waals surface area contributed by atoms with E-state index >= 15 is 0 Å². The molecule has 0 aliphatic rings. The van der Waals surface area contributed by atoms with E-state index in [9.17, 15) is 8.78 Å². The van der Waals surface area contributed by atoms with E-state index in [1.807, 2.05) is 154 Å². The molecular formula is C81H80ClF2N33O. The first-order chi connectivity index (χ1) is 57.2. The van der Waals surface area contributed by atoms with Gasteiger partial charge in [0.15, 0.2) is 34.9 Å². The highest BCUT2D eigenvalue weighted by Crippen LogP contribution is 2.22. The number of nitrogens with zero attached hydrogens (tertiary/aromatic N) is 33. The molecule has 34 nitrogen and oxygen atoms in total. The molecule has 18 rings (SSSR count). The van der Waals surface area contributed by atoms with Gasteiger partial charge in [-0.1, -0.05) is 54.1 Å². The minimum Gasteiger partial charge on any atom is -0.495 e. The molecule has 0 radical (unpaired) electrons. The number of halogens is 3. The maximum Gasteiger partial charge on any atom is 0.178 e. The summed E-state index contributed by atoms with van der Waals surface area (Å²) in [5, 5.41) is 56.5. The average Bonchev–Trinajstić information content (AvgIpc) is 1.05. The summed E-state index contributed by atoms with van der Waals surface area (Å²) < 4.78 is 30.5. The molecule has 37 heteroatoms. The highest BCUT2D eigenvalue weighted by molar-refractivity contribution is 6.30. The fraction of sp³-hybridized carbons (Fsp3) is 0.160. The second kappa shape index (κ2) is 43.0. The molecule has 0 atom stereocenters. The van der Waals surface area contributed by atoms with Crippen molar-refractivity contribution in [3.05, 3.63) is 336 Å². The van der Waals surface area contributed by atoms with E-state index < -0.39 is 0 Å². The molecule has 0 aliphatic heterocycles. The zero-order chi connectivity index (χ0) is 83.7. The first-order valence-corrected chi connectivity index (χ1v) is 36.4. The number of hydrogen-bond acceptors (Lipinski definition) is 27. The molecule has 596 valence electrons. The van der Waals surface area contributed by atoms with Crippen LogP contribution in [0.15, 0.2) is 252 Å². The molecule has 0 saturated carbocycles. The van der Waals surface area contributed by atoms with Gasteiger partial charge in [0.05, 0.1) is 135 Å². The fourth-order valence-electron chi connectivity index (χ4n) is 10.3. The molecule has 0 unspecified atom stereocenters. The van der Waals surface area contributed by atoms with Crippen molar-refractivity contribution in [3.63, 3.8) is 0 Å². The average molecular weight is 1610 g/mol. The second-order valence-electron chi connectivity index (χ2n) is 24.9. The van der Waals surface area contributed by atoms with Gasteiger partial charge in [-0.05, 0) is 189 Å². The lowest BCUT2D eigenvalue weighted by atomic mass is 10.1. The summed E-state index contributed by atoms with van der Waals surface area (Å²) in [6.45, 7) is 23.1. The van der Waals surface area contributed by atoms with Crippen LogP contribution in [-0.4, -0.2) is 172 Å². The van der Waals surface area contributed by atoms with E-state index in [4.69, 9.17) is 16.3 Å². The molecule has 0 bridgehead atoms. The lowest BCUT2D eigenvalue weighted by Gasteiger charge is -2.04. The molecule has 1 aromatic carbocycles. The molecule has 0 fully saturated rings. The SMILES string of the molecule is COc1cnc(-n2nccn2)c(C)c1.Cc1cc(Cl)cnc1-n1nccn1.Cc1cc(F)cnc1-c1ncccn1.Cc1cc(F)cnc1-n1nccn1.Cc1ccc(-n2nccn2)c(C)n1.Cc1ccc(C)c(-n2nccn2)n1.Cc1cccnc1-n1nccn1.Cc1ncc(C)c(-c2ccccc2)n1.Cc1ncccc1-n1nccn1. The van der Waals surface area contributed by atoms with Gasteiger partial charge in [-0.15, -0.1) is 33.6 Å². The number of ether oxygens (including phenoxy) is 1. The predicted molar refractivity (Wildman–Crippen MR) is 435 cm³/mol. The molecule has 0 aliphatic carbocycles. The zero-order valence-corrected chi connectivity index (χ0v) is 67.2. The summed E-state index contributed by atoms with van der Waals surface area (Å²) >= 11 is 5.77. The van der Waals surface area contributed by atoms with Gasteiger partial charge in [-0.3, -0.25) is 9.97 Å². The summed E-state index contributed by atoms with van der Waals surface area (Å²) in [5.41, 5.74) is 15.1. The van der Waals surface area contributed by atoms with Crippen LogP contribution in [-0.2, 0) is 0 Å². The molecule has 0 N–H and O–H groups in total. The number of hydrogen-bond donors (Lipinski definition) is 0. The van der Waals surface area contributed by atoms with Crippen LogP contribution >= 0.6 is 11.6 Å². The molecular weight excluding hydrogens is 1520 g/mol. The standard InChI is InChI=1S/C12H12N2.C10H8FN3.C9H10N4O.2C9H10N4.C8H7ClN4.C8H7FN4.2C8H8N4/c1-9-8-13-10(2)14-12(9)11-6-4-3-5-7-11;1-7-5-8(11)6-14-9(7)10-12-3-2-4-13-10;1-7-5-8(14-2)6-10-9(7)13-11-3-4-12-13;1-7-3-4-9(8(2)12-7)13-10-5-6-11-13;1-7-3-4-8(2)12-9(7)13-10-5-6-11-13;2*1-6-4-7(9)5-10-8(6)13-11-2-3-12-13;1-7-8(3-2-4-9-7)12-10-5-6-11-12;1-7-3-2-4-9-8(7)12-10-5-6-11-12/h3-8H,1-2H3;2-6H,1H3;3-6H,1-2H3;2*3-6H,1-2H3;2*2-5H,1H3;2*2-6H,1H3. The summed E-state index contributed by atoms with van der Waals surface area (Å²) in [6.07, 6.45) is 36.8. The van der Waals surface area contributed by atoms with E-state index in [0.29, 0.717) is 33.7 Å².